The Morgan fingerprint density at radius 1 is 1.62 bits per heavy atom. The molecule has 0 bridgehead atoms. The van der Waals surface area contributed by atoms with E-state index in [4.69, 9.17) is 0 Å². The van der Waals surface area contributed by atoms with Gasteiger partial charge in [-0.25, -0.2) is 0 Å². The van der Waals surface area contributed by atoms with Crippen molar-refractivity contribution < 1.29 is 9.59 Å². The van der Waals surface area contributed by atoms with Crippen molar-refractivity contribution in [2.45, 2.75) is 19.8 Å². The zero-order valence-electron chi connectivity index (χ0n) is 8.01. The summed E-state index contributed by atoms with van der Waals surface area (Å²) in [5, 5.41) is 2.77. The minimum absolute atomic E-state index is 0.0291. The summed E-state index contributed by atoms with van der Waals surface area (Å²) in [6.45, 7) is 4.20. The summed E-state index contributed by atoms with van der Waals surface area (Å²) in [7, 11) is 0. The molecule has 74 valence electrons. The van der Waals surface area contributed by atoms with Gasteiger partial charge in [0.15, 0.2) is 0 Å². The van der Waals surface area contributed by atoms with E-state index in [9.17, 15) is 9.59 Å². The molecular weight excluding hydrogens is 168 g/mol. The maximum Gasteiger partial charge on any atom is 0.234 e. The molecular formula is C9H16N2O2. The van der Waals surface area contributed by atoms with E-state index in [1.807, 2.05) is 11.8 Å². The SMILES string of the molecule is CCC(=O)CN1CCCNC(=O)C1. The average Bonchev–Trinajstić information content (AvgIpc) is 2.30. The Kier molecular flexibility index (Phi) is 3.89. The summed E-state index contributed by atoms with van der Waals surface area (Å²) < 4.78 is 0. The Hall–Kier alpha value is -0.900. The molecule has 13 heavy (non-hydrogen) atoms. The van der Waals surface area contributed by atoms with Crippen molar-refractivity contribution in [3.63, 3.8) is 0 Å². The van der Waals surface area contributed by atoms with Crippen LogP contribution in [0.3, 0.4) is 0 Å². The minimum Gasteiger partial charge on any atom is -0.355 e. The monoisotopic (exact) mass is 184 g/mol. The first-order chi connectivity index (χ1) is 6.22. The molecule has 0 aromatic carbocycles. The lowest BCUT2D eigenvalue weighted by Crippen LogP contribution is -2.36. The molecule has 1 aliphatic rings. The first kappa shape index (κ1) is 10.2. The molecule has 1 heterocycles. The Labute approximate surface area is 78.3 Å². The Morgan fingerprint density at radius 2 is 2.38 bits per heavy atom. The second-order valence-corrected chi connectivity index (χ2v) is 3.31. The normalized spacial score (nSPS) is 19.3. The van der Waals surface area contributed by atoms with Crippen molar-refractivity contribution in [3.8, 4) is 0 Å². The van der Waals surface area contributed by atoms with E-state index in [2.05, 4.69) is 5.32 Å². The highest BCUT2D eigenvalue weighted by Gasteiger charge is 2.15. The summed E-state index contributed by atoms with van der Waals surface area (Å²) in [6, 6.07) is 0. The molecule has 1 rings (SSSR count). The third kappa shape index (κ3) is 3.55. The summed E-state index contributed by atoms with van der Waals surface area (Å²) in [4.78, 5) is 24.1. The fourth-order valence-electron chi connectivity index (χ4n) is 1.36. The molecule has 0 aromatic heterocycles. The van der Waals surface area contributed by atoms with Crippen LogP contribution in [0.5, 0.6) is 0 Å². The van der Waals surface area contributed by atoms with E-state index < -0.39 is 0 Å². The van der Waals surface area contributed by atoms with Crippen LogP contribution in [-0.2, 0) is 9.59 Å². The molecule has 0 radical (unpaired) electrons. The van der Waals surface area contributed by atoms with Crippen LogP contribution in [0.2, 0.25) is 0 Å². The van der Waals surface area contributed by atoms with Crippen LogP contribution in [0.15, 0.2) is 0 Å². The van der Waals surface area contributed by atoms with Crippen LogP contribution in [0.25, 0.3) is 0 Å². The van der Waals surface area contributed by atoms with E-state index in [0.717, 1.165) is 19.5 Å². The van der Waals surface area contributed by atoms with Gasteiger partial charge in [0, 0.05) is 19.5 Å². The zero-order valence-corrected chi connectivity index (χ0v) is 8.01. The predicted molar refractivity (Wildman–Crippen MR) is 49.4 cm³/mol. The summed E-state index contributed by atoms with van der Waals surface area (Å²) in [5.41, 5.74) is 0. The predicted octanol–water partition coefficient (Wildman–Crippen LogP) is -0.213. The van der Waals surface area contributed by atoms with Gasteiger partial charge in [-0.05, 0) is 6.42 Å². The van der Waals surface area contributed by atoms with Crippen molar-refractivity contribution in [2.24, 2.45) is 0 Å². The third-order valence-corrected chi connectivity index (χ3v) is 2.13. The van der Waals surface area contributed by atoms with Gasteiger partial charge in [0.05, 0.1) is 13.1 Å². The molecule has 0 aromatic rings. The smallest absolute Gasteiger partial charge is 0.234 e. The van der Waals surface area contributed by atoms with Crippen molar-refractivity contribution in [2.75, 3.05) is 26.2 Å². The molecule has 4 nitrogen and oxygen atoms in total. The number of carbonyl (C=O) groups excluding carboxylic acids is 2. The fraction of sp³-hybridized carbons (Fsp3) is 0.778. The lowest BCUT2D eigenvalue weighted by Gasteiger charge is -2.16. The van der Waals surface area contributed by atoms with Crippen LogP contribution in [-0.4, -0.2) is 42.8 Å². The third-order valence-electron chi connectivity index (χ3n) is 2.13. The van der Waals surface area contributed by atoms with Gasteiger partial charge >= 0.3 is 0 Å². The zero-order chi connectivity index (χ0) is 9.68. The maximum atomic E-state index is 11.1. The van der Waals surface area contributed by atoms with Crippen molar-refractivity contribution >= 4 is 11.7 Å². The van der Waals surface area contributed by atoms with Gasteiger partial charge in [0.2, 0.25) is 5.91 Å². The van der Waals surface area contributed by atoms with Gasteiger partial charge in [-0.15, -0.1) is 0 Å². The number of nitrogens with zero attached hydrogens (tertiary/aromatic N) is 1. The number of hydrogen-bond donors (Lipinski definition) is 1. The van der Waals surface area contributed by atoms with Crippen LogP contribution >= 0.6 is 0 Å². The topological polar surface area (TPSA) is 49.4 Å². The molecule has 0 saturated carbocycles. The van der Waals surface area contributed by atoms with Crippen molar-refractivity contribution in [1.29, 1.82) is 0 Å². The first-order valence-corrected chi connectivity index (χ1v) is 4.73. The van der Waals surface area contributed by atoms with E-state index in [-0.39, 0.29) is 11.7 Å². The van der Waals surface area contributed by atoms with E-state index in [0.29, 0.717) is 19.5 Å². The maximum absolute atomic E-state index is 11.1. The van der Waals surface area contributed by atoms with E-state index >= 15 is 0 Å². The summed E-state index contributed by atoms with van der Waals surface area (Å²) >= 11 is 0. The molecule has 1 aliphatic heterocycles. The molecule has 0 unspecified atom stereocenters. The number of rotatable bonds is 3. The van der Waals surface area contributed by atoms with Crippen LogP contribution in [0, 0.1) is 0 Å². The van der Waals surface area contributed by atoms with Gasteiger partial charge in [-0.3, -0.25) is 14.5 Å². The fourth-order valence-corrected chi connectivity index (χ4v) is 1.36. The minimum atomic E-state index is 0.0291. The molecule has 0 aliphatic carbocycles. The summed E-state index contributed by atoms with van der Waals surface area (Å²) in [6.07, 6.45) is 1.49. The first-order valence-electron chi connectivity index (χ1n) is 4.73. The summed E-state index contributed by atoms with van der Waals surface area (Å²) in [5.74, 6) is 0.233. The Morgan fingerprint density at radius 3 is 3.08 bits per heavy atom. The van der Waals surface area contributed by atoms with Gasteiger partial charge in [-0.2, -0.15) is 0 Å². The number of nitrogens with one attached hydrogen (secondary N) is 1. The number of amides is 1. The van der Waals surface area contributed by atoms with Crippen LogP contribution in [0.1, 0.15) is 19.8 Å². The molecule has 1 fully saturated rings. The molecule has 1 N–H and O–H groups in total. The van der Waals surface area contributed by atoms with Gasteiger partial charge in [0.25, 0.3) is 0 Å². The van der Waals surface area contributed by atoms with Crippen LogP contribution in [0.4, 0.5) is 0 Å². The van der Waals surface area contributed by atoms with E-state index in [1.54, 1.807) is 0 Å². The second kappa shape index (κ2) is 4.97. The highest BCUT2D eigenvalue weighted by atomic mass is 16.2. The van der Waals surface area contributed by atoms with Crippen LogP contribution < -0.4 is 5.32 Å². The molecule has 1 amide bonds. The van der Waals surface area contributed by atoms with Gasteiger partial charge < -0.3 is 5.32 Å². The Balaban J connectivity index is 2.39. The molecule has 1 saturated heterocycles. The number of hydrogen-bond acceptors (Lipinski definition) is 3. The molecule has 4 heteroatoms. The standard InChI is InChI=1S/C9H16N2O2/c1-2-8(12)6-11-5-3-4-10-9(13)7-11/h2-7H2,1H3,(H,10,13). The van der Waals surface area contributed by atoms with Crippen molar-refractivity contribution in [1.82, 2.24) is 10.2 Å². The van der Waals surface area contributed by atoms with E-state index in [1.165, 1.54) is 0 Å². The Bertz CT molecular complexity index is 204. The number of ketones is 1. The molecule has 0 atom stereocenters. The highest BCUT2D eigenvalue weighted by molar-refractivity contribution is 5.82. The second-order valence-electron chi connectivity index (χ2n) is 3.31. The van der Waals surface area contributed by atoms with Gasteiger partial charge in [-0.1, -0.05) is 6.92 Å². The quantitative estimate of drug-likeness (QED) is 0.660. The van der Waals surface area contributed by atoms with Gasteiger partial charge in [0.1, 0.15) is 5.78 Å². The lowest BCUT2D eigenvalue weighted by molar-refractivity contribution is -0.123. The largest absolute Gasteiger partial charge is 0.355 e. The number of Topliss-reactive ketones (excluding diaryl/α,β-unsaturated/α-hetero) is 1. The average molecular weight is 184 g/mol. The number of carbonyl (C=O) groups is 2. The lowest BCUT2D eigenvalue weighted by atomic mass is 10.3. The van der Waals surface area contributed by atoms with Crippen molar-refractivity contribution in [3.05, 3.63) is 0 Å². The highest BCUT2D eigenvalue weighted by Crippen LogP contribution is 1.97. The molecule has 0 spiro atoms.